The van der Waals surface area contributed by atoms with Crippen molar-refractivity contribution >= 4 is 128 Å². The van der Waals surface area contributed by atoms with Gasteiger partial charge in [0.15, 0.2) is 0 Å². The number of thiophene rings is 2. The van der Waals surface area contributed by atoms with Gasteiger partial charge in [-0.2, -0.15) is 0 Å². The summed E-state index contributed by atoms with van der Waals surface area (Å²) < 4.78 is 32.2. The Morgan fingerprint density at radius 2 is 0.722 bits per heavy atom. The first-order chi connectivity index (χ1) is 55.2. The summed E-state index contributed by atoms with van der Waals surface area (Å²) >= 11 is 3.33. The fourth-order valence-corrected chi connectivity index (χ4v) is 17.3. The molecule has 0 aliphatic rings. The number of aromatic nitrogens is 3. The van der Waals surface area contributed by atoms with Crippen LogP contribution in [0.1, 0.15) is 19.7 Å². The van der Waals surface area contributed by atoms with Gasteiger partial charge in [-0.25, -0.2) is 0 Å². The second kappa shape index (κ2) is 36.4. The summed E-state index contributed by atoms with van der Waals surface area (Å²) in [5, 5.41) is 8.47. The molecular weight excluding hydrogens is 1620 g/mol. The summed E-state index contributed by atoms with van der Waals surface area (Å²) in [6.45, 7) is 1.40. The van der Waals surface area contributed by atoms with Crippen LogP contribution in [-0.4, -0.2) is 28.9 Å². The van der Waals surface area contributed by atoms with Gasteiger partial charge in [-0.15, -0.1) is 129 Å². The van der Waals surface area contributed by atoms with Crippen LogP contribution in [0.2, 0.25) is 6.82 Å². The molecule has 0 fully saturated rings. The minimum absolute atomic E-state index is 0. The maximum atomic E-state index is 18.2. The van der Waals surface area contributed by atoms with E-state index in [1.54, 1.807) is 13.0 Å². The zero-order chi connectivity index (χ0) is 75.7. The monoisotopic (exact) mass is 1700 g/mol. The molecule has 0 N–H and O–H groups in total. The molecule has 12 heteroatoms. The minimum Gasteiger partial charge on any atom is -0.330 e. The van der Waals surface area contributed by atoms with Gasteiger partial charge < -0.3 is 33.4 Å². The average Bonchev–Trinajstić information content (AvgIpc) is 1.60. The first-order valence-electron chi connectivity index (χ1n) is 37.3. The van der Waals surface area contributed by atoms with E-state index in [0.717, 1.165) is 137 Å². The van der Waals surface area contributed by atoms with E-state index in [0.29, 0.717) is 15.7 Å². The van der Waals surface area contributed by atoms with E-state index in [1.165, 1.54) is 32.9 Å². The van der Waals surface area contributed by atoms with Crippen molar-refractivity contribution in [2.24, 2.45) is 0 Å². The maximum Gasteiger partial charge on any atom is 3.00 e. The number of hydrogen-bond acceptors (Lipinski definition) is 7. The van der Waals surface area contributed by atoms with Crippen molar-refractivity contribution in [1.82, 2.24) is 15.0 Å². The average molecular weight is 1700 g/mol. The SMILES string of the molecule is C.C.CB(F)c1ccc(-c2cnc3c(ccc4ccc[c-]c43)c2)cc1.Cc1sc(N(c2ccccc2)c2ccc(N(c3ccccc3)c3sc(B(F)c4ccc(-c5cnc6c(ccc7ccc[c-]c76)c5)cc4)c(-c4ccccc4)c3-c3ccccc3)cc2)c(-c2ccccc2)c1-c1ccccc1.[Ir+3].[c-]1ccccc1-c1ccccn1. The number of anilines is 6. The standard InChI is InChI=1S/C70H48BFN3S2.C20H14BFN.C11H8N.2CH4.Ir/c1-48-63(51-23-8-2-9-24-51)65(53-27-12-4-13-28-53)69(76-48)74(58-31-16-6-17-32-58)60-42-44-61(45-43-60)75(59-33-18-7-19-34-59)70-66(54-29-14-5-15-30-54)64(52-25-10-3-11-26-52)68(77-70)71(72)57-40-38-49(39-41-57)56-46-55-37-36-50-22-20-21-35-62(50)67(55)73-47-56;1-21(22)18-10-8-14(9-11-18)17-12-16-7-6-15-4-2-3-5-19(15)20(16)23-13-17;1-2-6-10(7-3-1)11-8-4-5-9-12-11;;;/h2-34,36-47H,1H3;2-4,6-13H,1H3;1-6,8-9H;2*1H4;/q3*-1;;;+3. The Balaban J connectivity index is 0.000000235. The molecule has 5 aromatic heterocycles. The minimum atomic E-state index is -1.44. The molecule has 556 valence electrons. The number of para-hydroxylation sites is 2. The molecule has 0 spiro atoms. The third-order valence-corrected chi connectivity index (χ3v) is 22.4. The Bertz CT molecular complexity index is 6380. The van der Waals surface area contributed by atoms with Crippen LogP contribution in [0.3, 0.4) is 0 Å². The molecule has 0 aliphatic heterocycles. The molecular formula is C103H78B2F2IrN5S2. The molecule has 14 aromatic carbocycles. The van der Waals surface area contributed by atoms with Crippen molar-refractivity contribution in [1.29, 1.82) is 0 Å². The third kappa shape index (κ3) is 16.8. The van der Waals surface area contributed by atoms with Crippen molar-refractivity contribution in [2.75, 3.05) is 9.80 Å². The molecule has 0 radical (unpaired) electrons. The Morgan fingerprint density at radius 1 is 0.330 bits per heavy atom. The molecule has 19 rings (SSSR count). The zero-order valence-electron chi connectivity index (χ0n) is 61.7. The van der Waals surface area contributed by atoms with Crippen LogP contribution in [0, 0.1) is 25.1 Å². The van der Waals surface area contributed by atoms with E-state index in [1.807, 2.05) is 169 Å². The van der Waals surface area contributed by atoms with Gasteiger partial charge in [0.2, 0.25) is 0 Å². The topological polar surface area (TPSA) is 45.2 Å². The first kappa shape index (κ1) is 78.9. The molecule has 0 amide bonds. The van der Waals surface area contributed by atoms with Crippen molar-refractivity contribution in [3.8, 4) is 78.0 Å². The third-order valence-electron chi connectivity index (χ3n) is 20.1. The number of rotatable bonds is 16. The smallest absolute Gasteiger partial charge is 0.330 e. The first-order valence-corrected chi connectivity index (χ1v) is 39.0. The molecule has 0 bridgehead atoms. The van der Waals surface area contributed by atoms with E-state index in [4.69, 9.17) is 4.98 Å². The van der Waals surface area contributed by atoms with Crippen LogP contribution in [0.4, 0.5) is 41.4 Å². The molecule has 5 nitrogen and oxygen atoms in total. The largest absolute Gasteiger partial charge is 3.00 e. The van der Waals surface area contributed by atoms with Crippen molar-refractivity contribution in [3.05, 3.63) is 412 Å². The number of hydrogen-bond donors (Lipinski definition) is 0. The van der Waals surface area contributed by atoms with E-state index in [2.05, 4.69) is 269 Å². The molecule has 115 heavy (non-hydrogen) atoms. The van der Waals surface area contributed by atoms with Crippen LogP contribution >= 0.6 is 22.7 Å². The normalized spacial score (nSPS) is 10.7. The van der Waals surface area contributed by atoms with E-state index < -0.39 is 14.0 Å². The molecule has 5 heterocycles. The Labute approximate surface area is 694 Å². The number of pyridine rings is 3. The summed E-state index contributed by atoms with van der Waals surface area (Å²) in [6, 6.07) is 136. The van der Waals surface area contributed by atoms with Gasteiger partial charge in [0, 0.05) is 73.2 Å². The van der Waals surface area contributed by atoms with Crippen LogP contribution in [0.5, 0.6) is 0 Å². The fraction of sp³-hybridized carbons (Fsp3) is 0.0388. The summed E-state index contributed by atoms with van der Waals surface area (Å²) in [5.74, 6) is 0. The summed E-state index contributed by atoms with van der Waals surface area (Å²) in [5.41, 5.74) is 21.7. The van der Waals surface area contributed by atoms with Gasteiger partial charge in [-0.3, -0.25) is 0 Å². The van der Waals surface area contributed by atoms with Gasteiger partial charge in [0.25, 0.3) is 0 Å². The number of aryl methyl sites for hydroxylation is 1. The van der Waals surface area contributed by atoms with Gasteiger partial charge in [-0.1, -0.05) is 270 Å². The Hall–Kier alpha value is -12.8. The second-order valence-electron chi connectivity index (χ2n) is 27.3. The Kier molecular flexibility index (Phi) is 24.9. The van der Waals surface area contributed by atoms with Gasteiger partial charge >= 0.3 is 34.1 Å². The summed E-state index contributed by atoms with van der Waals surface area (Å²) in [7, 11) is 0. The van der Waals surface area contributed by atoms with Crippen molar-refractivity contribution < 1.29 is 28.7 Å². The van der Waals surface area contributed by atoms with E-state index in [9.17, 15) is 4.32 Å². The number of nitrogens with zero attached hydrogens (tertiary/aromatic N) is 5. The fourth-order valence-electron chi connectivity index (χ4n) is 14.6. The van der Waals surface area contributed by atoms with Crippen LogP contribution in [0.25, 0.3) is 121 Å². The molecule has 19 aromatic rings. The van der Waals surface area contributed by atoms with E-state index >= 15 is 4.32 Å². The predicted octanol–water partition coefficient (Wildman–Crippen LogP) is 27.4. The number of halogens is 2. The van der Waals surface area contributed by atoms with Gasteiger partial charge in [0.1, 0.15) is 10.0 Å². The van der Waals surface area contributed by atoms with Crippen molar-refractivity contribution in [2.45, 2.75) is 28.6 Å². The quantitative estimate of drug-likeness (QED) is 0.0548. The molecule has 0 unspecified atom stereocenters. The molecule has 0 saturated heterocycles. The molecule has 0 aliphatic carbocycles. The number of benzene rings is 14. The second-order valence-corrected chi connectivity index (χ2v) is 29.5. The van der Waals surface area contributed by atoms with Gasteiger partial charge in [-0.05, 0) is 151 Å². The van der Waals surface area contributed by atoms with Crippen LogP contribution in [-0.2, 0) is 20.1 Å². The molecule has 0 atom stereocenters. The maximum absolute atomic E-state index is 18.2. The summed E-state index contributed by atoms with van der Waals surface area (Å²) in [4.78, 5) is 19.7. The number of fused-ring (bicyclic) bond motifs is 6. The predicted molar refractivity (Wildman–Crippen MR) is 486 cm³/mol. The van der Waals surface area contributed by atoms with Gasteiger partial charge in [0.05, 0.1) is 0 Å². The summed E-state index contributed by atoms with van der Waals surface area (Å²) in [6.07, 6.45) is 5.57. The van der Waals surface area contributed by atoms with Crippen LogP contribution < -0.4 is 25.5 Å². The molecule has 0 saturated carbocycles. The van der Waals surface area contributed by atoms with Crippen molar-refractivity contribution in [3.63, 3.8) is 0 Å². The Morgan fingerprint density at radius 3 is 1.17 bits per heavy atom. The zero-order valence-corrected chi connectivity index (χ0v) is 65.8. The van der Waals surface area contributed by atoms with E-state index in [-0.39, 0.29) is 35.0 Å². The van der Waals surface area contributed by atoms with Crippen LogP contribution in [0.15, 0.2) is 389 Å².